The Hall–Kier alpha value is -1.54. The summed E-state index contributed by atoms with van der Waals surface area (Å²) < 4.78 is 0. The minimum Gasteiger partial charge on any atom is -0.343 e. The summed E-state index contributed by atoms with van der Waals surface area (Å²) in [6.45, 7) is 6.21. The Morgan fingerprint density at radius 2 is 1.94 bits per heavy atom. The molecule has 0 aromatic heterocycles. The van der Waals surface area contributed by atoms with Crippen LogP contribution in [0.3, 0.4) is 0 Å². The third-order valence-electron chi connectivity index (χ3n) is 3.33. The van der Waals surface area contributed by atoms with E-state index in [0.29, 0.717) is 5.02 Å². The number of hydrogen-bond donors (Lipinski definition) is 1. The molecule has 0 saturated carbocycles. The number of aryl methyl sites for hydroxylation is 1. The van der Waals surface area contributed by atoms with Crippen molar-refractivity contribution in [1.29, 1.82) is 0 Å². The van der Waals surface area contributed by atoms with Crippen LogP contribution >= 0.6 is 11.6 Å². The first-order valence-electron chi connectivity index (χ1n) is 5.62. The molecule has 86 valence electrons. The molecule has 1 N–H and O–H groups in total. The van der Waals surface area contributed by atoms with Crippen molar-refractivity contribution in [3.05, 3.63) is 34.3 Å². The maximum atomic E-state index is 6.23. The lowest BCUT2D eigenvalue weighted by Gasteiger charge is -2.21. The van der Waals surface area contributed by atoms with Gasteiger partial charge in [-0.2, -0.15) is 0 Å². The van der Waals surface area contributed by atoms with Crippen molar-refractivity contribution in [3.63, 3.8) is 0 Å². The molecule has 3 rings (SSSR count). The molecule has 2 aromatic rings. The highest BCUT2D eigenvalue weighted by Crippen LogP contribution is 2.43. The lowest BCUT2D eigenvalue weighted by molar-refractivity contribution is 1.34. The van der Waals surface area contributed by atoms with E-state index in [-0.39, 0.29) is 0 Å². The summed E-state index contributed by atoms with van der Waals surface area (Å²) in [5, 5.41) is 6.38. The molecule has 2 aromatic carbocycles. The van der Waals surface area contributed by atoms with Crippen molar-refractivity contribution >= 4 is 39.6 Å². The van der Waals surface area contributed by atoms with Gasteiger partial charge in [0.25, 0.3) is 0 Å². The maximum Gasteiger partial charge on any atom is 0.104 e. The van der Waals surface area contributed by atoms with E-state index < -0.39 is 0 Å². The van der Waals surface area contributed by atoms with Crippen LogP contribution < -0.4 is 5.32 Å². The third-order valence-corrected chi connectivity index (χ3v) is 3.64. The monoisotopic (exact) mass is 244 g/mol. The van der Waals surface area contributed by atoms with Crippen LogP contribution in [0.1, 0.15) is 18.1 Å². The van der Waals surface area contributed by atoms with Gasteiger partial charge >= 0.3 is 0 Å². The van der Waals surface area contributed by atoms with E-state index in [1.807, 2.05) is 13.0 Å². The van der Waals surface area contributed by atoms with E-state index in [1.54, 1.807) is 0 Å². The first-order valence-corrected chi connectivity index (χ1v) is 6.00. The van der Waals surface area contributed by atoms with Gasteiger partial charge in [-0.25, -0.2) is 4.99 Å². The molecule has 1 aliphatic rings. The van der Waals surface area contributed by atoms with Gasteiger partial charge in [-0.3, -0.25) is 0 Å². The summed E-state index contributed by atoms with van der Waals surface area (Å²) in [6.07, 6.45) is 0. The normalized spacial score (nSPS) is 13.5. The molecule has 0 radical (unpaired) electrons. The molecule has 0 aliphatic carbocycles. The molecule has 0 atom stereocenters. The SMILES string of the molecule is CC1=Nc2c(Cl)ccc3cc(C)c(C)c(c23)N1. The summed E-state index contributed by atoms with van der Waals surface area (Å²) in [5.41, 5.74) is 4.57. The Kier molecular flexibility index (Phi) is 2.17. The van der Waals surface area contributed by atoms with Gasteiger partial charge in [0.05, 0.1) is 16.4 Å². The van der Waals surface area contributed by atoms with Crippen molar-refractivity contribution in [1.82, 2.24) is 0 Å². The summed E-state index contributed by atoms with van der Waals surface area (Å²) in [6, 6.07) is 6.15. The number of nitrogens with one attached hydrogen (secondary N) is 1. The van der Waals surface area contributed by atoms with Gasteiger partial charge in [-0.15, -0.1) is 0 Å². The van der Waals surface area contributed by atoms with Gasteiger partial charge in [-0.1, -0.05) is 23.7 Å². The van der Waals surface area contributed by atoms with Gasteiger partial charge in [0.15, 0.2) is 0 Å². The molecule has 2 nitrogen and oxygen atoms in total. The molecule has 3 heteroatoms. The van der Waals surface area contributed by atoms with Crippen LogP contribution in [0.25, 0.3) is 10.8 Å². The van der Waals surface area contributed by atoms with Gasteiger partial charge in [0, 0.05) is 5.39 Å². The lowest BCUT2D eigenvalue weighted by atomic mass is 9.97. The van der Waals surface area contributed by atoms with Crippen LogP contribution in [0.5, 0.6) is 0 Å². The van der Waals surface area contributed by atoms with Gasteiger partial charge in [0.2, 0.25) is 0 Å². The average molecular weight is 245 g/mol. The molecule has 0 unspecified atom stereocenters. The van der Waals surface area contributed by atoms with E-state index in [2.05, 4.69) is 36.3 Å². The number of anilines is 1. The van der Waals surface area contributed by atoms with Crippen molar-refractivity contribution in [2.24, 2.45) is 4.99 Å². The molecule has 17 heavy (non-hydrogen) atoms. The number of rotatable bonds is 0. The quantitative estimate of drug-likeness (QED) is 0.720. The number of aliphatic imine (C=N–C) groups is 1. The van der Waals surface area contributed by atoms with Crippen LogP contribution in [0.4, 0.5) is 11.4 Å². The fraction of sp³-hybridized carbons (Fsp3) is 0.214. The molecule has 0 amide bonds. The Labute approximate surface area is 105 Å². The predicted molar refractivity (Wildman–Crippen MR) is 74.8 cm³/mol. The molecule has 0 saturated heterocycles. The van der Waals surface area contributed by atoms with Crippen LogP contribution in [-0.2, 0) is 0 Å². The van der Waals surface area contributed by atoms with E-state index >= 15 is 0 Å². The minimum atomic E-state index is 0.711. The Morgan fingerprint density at radius 1 is 1.18 bits per heavy atom. The van der Waals surface area contributed by atoms with Crippen molar-refractivity contribution in [3.8, 4) is 0 Å². The van der Waals surface area contributed by atoms with Crippen LogP contribution in [0.15, 0.2) is 23.2 Å². The maximum absolute atomic E-state index is 6.23. The summed E-state index contributed by atoms with van der Waals surface area (Å²) in [5.74, 6) is 0.889. The van der Waals surface area contributed by atoms with Crippen LogP contribution in [0, 0.1) is 13.8 Å². The zero-order valence-corrected chi connectivity index (χ0v) is 10.8. The average Bonchev–Trinajstić information content (AvgIpc) is 2.29. The van der Waals surface area contributed by atoms with E-state index in [4.69, 9.17) is 11.6 Å². The van der Waals surface area contributed by atoms with Gasteiger partial charge in [-0.05, 0) is 43.4 Å². The highest BCUT2D eigenvalue weighted by Gasteiger charge is 2.18. The second kappa shape index (κ2) is 3.47. The van der Waals surface area contributed by atoms with Crippen LogP contribution in [0.2, 0.25) is 5.02 Å². The molecule has 1 heterocycles. The highest BCUT2D eigenvalue weighted by molar-refractivity contribution is 6.36. The predicted octanol–water partition coefficient (Wildman–Crippen LogP) is 4.59. The topological polar surface area (TPSA) is 24.4 Å². The van der Waals surface area contributed by atoms with E-state index in [9.17, 15) is 0 Å². The molecule has 1 aliphatic heterocycles. The molecule has 0 fully saturated rings. The number of halogens is 1. The second-order valence-corrected chi connectivity index (χ2v) is 4.92. The lowest BCUT2D eigenvalue weighted by Crippen LogP contribution is -2.12. The zero-order valence-electron chi connectivity index (χ0n) is 10.1. The highest BCUT2D eigenvalue weighted by atomic mass is 35.5. The Morgan fingerprint density at radius 3 is 2.71 bits per heavy atom. The second-order valence-electron chi connectivity index (χ2n) is 4.51. The number of amidine groups is 1. The molecular weight excluding hydrogens is 232 g/mol. The summed E-state index contributed by atoms with van der Waals surface area (Å²) in [7, 11) is 0. The number of hydrogen-bond acceptors (Lipinski definition) is 2. The van der Waals surface area contributed by atoms with Gasteiger partial charge in [0.1, 0.15) is 5.84 Å². The van der Waals surface area contributed by atoms with E-state index in [0.717, 1.165) is 22.6 Å². The fourth-order valence-corrected chi connectivity index (χ4v) is 2.53. The Balaban J connectivity index is 2.55. The molecule has 0 spiro atoms. The van der Waals surface area contributed by atoms with Crippen molar-refractivity contribution in [2.45, 2.75) is 20.8 Å². The largest absolute Gasteiger partial charge is 0.343 e. The number of nitrogens with zero attached hydrogens (tertiary/aromatic N) is 1. The van der Waals surface area contributed by atoms with Crippen molar-refractivity contribution in [2.75, 3.05) is 5.32 Å². The summed E-state index contributed by atoms with van der Waals surface area (Å²) in [4.78, 5) is 4.51. The summed E-state index contributed by atoms with van der Waals surface area (Å²) >= 11 is 6.23. The first kappa shape index (κ1) is 10.6. The minimum absolute atomic E-state index is 0.711. The smallest absolute Gasteiger partial charge is 0.104 e. The van der Waals surface area contributed by atoms with Crippen molar-refractivity contribution < 1.29 is 0 Å². The third kappa shape index (κ3) is 1.44. The molecule has 0 bridgehead atoms. The van der Waals surface area contributed by atoms with Crippen LogP contribution in [-0.4, -0.2) is 5.84 Å². The van der Waals surface area contributed by atoms with E-state index in [1.165, 1.54) is 16.5 Å². The Bertz CT molecular complexity index is 672. The first-order chi connectivity index (χ1) is 8.08. The molecular formula is C14H13ClN2. The van der Waals surface area contributed by atoms with Gasteiger partial charge < -0.3 is 5.32 Å². The zero-order chi connectivity index (χ0) is 12.2. The standard InChI is InChI=1S/C14H13ClN2/c1-7-6-10-4-5-11(15)14-12(10)13(8(7)2)16-9(3)17-14/h4-6H,1-3H3,(H,16,17). The number of benzene rings is 2. The fourth-order valence-electron chi connectivity index (χ4n) is 2.33.